The maximum Gasteiger partial charge on any atom is 0.288 e. The molecule has 0 spiro atoms. The van der Waals surface area contributed by atoms with Crippen LogP contribution in [-0.2, 0) is 4.79 Å². The molecule has 1 N–H and O–H groups in total. The van der Waals surface area contributed by atoms with Gasteiger partial charge in [0.2, 0.25) is 5.91 Å². The molecule has 0 atom stereocenters. The lowest BCUT2D eigenvalue weighted by molar-refractivity contribution is -0.124. The number of thioether (sulfide) groups is 1. The first-order valence-corrected chi connectivity index (χ1v) is 10.6. The van der Waals surface area contributed by atoms with Gasteiger partial charge in [0.15, 0.2) is 0 Å². The molecular formula is C23H18N4O3S. The first kappa shape index (κ1) is 20.4. The fourth-order valence-corrected chi connectivity index (χ4v) is 3.78. The summed E-state index contributed by atoms with van der Waals surface area (Å²) >= 11 is 0.976. The molecule has 1 aliphatic rings. The molecule has 0 bridgehead atoms. The van der Waals surface area contributed by atoms with Gasteiger partial charge in [-0.3, -0.25) is 19.3 Å². The zero-order valence-electron chi connectivity index (χ0n) is 16.4. The molecule has 154 valence electrons. The summed E-state index contributed by atoms with van der Waals surface area (Å²) in [6, 6.07) is 16.6. The number of benzene rings is 2. The zero-order valence-corrected chi connectivity index (χ0v) is 17.3. The SMILES string of the molecule is O=C(NCCN1C(=O)CSC1=O)c1ccc(-n2cccn2)c(C#Cc2ccccc2)c1. The number of aromatic nitrogens is 2. The van der Waals surface area contributed by atoms with Crippen molar-refractivity contribution in [1.82, 2.24) is 20.0 Å². The predicted molar refractivity (Wildman–Crippen MR) is 118 cm³/mol. The van der Waals surface area contributed by atoms with Gasteiger partial charge in [-0.2, -0.15) is 5.10 Å². The van der Waals surface area contributed by atoms with Crippen LogP contribution in [0.1, 0.15) is 21.5 Å². The fourth-order valence-electron chi connectivity index (χ4n) is 3.03. The Labute approximate surface area is 183 Å². The van der Waals surface area contributed by atoms with E-state index in [2.05, 4.69) is 22.3 Å². The van der Waals surface area contributed by atoms with E-state index in [1.54, 1.807) is 29.1 Å². The van der Waals surface area contributed by atoms with Crippen LogP contribution in [0.3, 0.4) is 0 Å². The van der Waals surface area contributed by atoms with Crippen molar-refractivity contribution in [2.75, 3.05) is 18.8 Å². The van der Waals surface area contributed by atoms with Crippen molar-refractivity contribution in [2.24, 2.45) is 0 Å². The Morgan fingerprint density at radius 3 is 2.65 bits per heavy atom. The third-order valence-corrected chi connectivity index (χ3v) is 5.45. The molecule has 7 nitrogen and oxygen atoms in total. The van der Waals surface area contributed by atoms with Crippen LogP contribution in [0, 0.1) is 11.8 Å². The number of nitrogens with one attached hydrogen (secondary N) is 1. The van der Waals surface area contributed by atoms with Gasteiger partial charge in [-0.1, -0.05) is 41.8 Å². The molecule has 31 heavy (non-hydrogen) atoms. The summed E-state index contributed by atoms with van der Waals surface area (Å²) in [6.45, 7) is 0.339. The Morgan fingerprint density at radius 2 is 1.94 bits per heavy atom. The van der Waals surface area contributed by atoms with Crippen LogP contribution < -0.4 is 5.32 Å². The summed E-state index contributed by atoms with van der Waals surface area (Å²) in [4.78, 5) is 37.1. The number of hydrogen-bond donors (Lipinski definition) is 1. The molecule has 1 aliphatic heterocycles. The maximum absolute atomic E-state index is 12.6. The number of nitrogens with zero attached hydrogens (tertiary/aromatic N) is 3. The Hall–Kier alpha value is -3.83. The molecule has 1 fully saturated rings. The van der Waals surface area contributed by atoms with Crippen LogP contribution in [0.2, 0.25) is 0 Å². The molecule has 0 saturated carbocycles. The van der Waals surface area contributed by atoms with Gasteiger partial charge in [-0.25, -0.2) is 4.68 Å². The Balaban J connectivity index is 1.53. The van der Waals surface area contributed by atoms with E-state index in [4.69, 9.17) is 0 Å². The summed E-state index contributed by atoms with van der Waals surface area (Å²) in [5, 5.41) is 6.74. The Kier molecular flexibility index (Phi) is 6.15. The highest BCUT2D eigenvalue weighted by molar-refractivity contribution is 8.14. The normalized spacial score (nSPS) is 13.1. The van der Waals surface area contributed by atoms with Crippen LogP contribution in [-0.4, -0.2) is 50.6 Å². The highest BCUT2D eigenvalue weighted by atomic mass is 32.2. The lowest BCUT2D eigenvalue weighted by Gasteiger charge is -2.13. The molecule has 3 aromatic rings. The van der Waals surface area contributed by atoms with Crippen LogP contribution in [0.15, 0.2) is 67.0 Å². The maximum atomic E-state index is 12.6. The molecule has 0 unspecified atom stereocenters. The molecule has 1 saturated heterocycles. The van der Waals surface area contributed by atoms with E-state index in [-0.39, 0.29) is 35.9 Å². The van der Waals surface area contributed by atoms with Gasteiger partial charge in [0.05, 0.1) is 17.0 Å². The largest absolute Gasteiger partial charge is 0.350 e. The zero-order chi connectivity index (χ0) is 21.6. The average molecular weight is 430 g/mol. The molecule has 4 rings (SSSR count). The monoisotopic (exact) mass is 430 g/mol. The van der Waals surface area contributed by atoms with Crippen molar-refractivity contribution in [3.8, 4) is 17.5 Å². The lowest BCUT2D eigenvalue weighted by atomic mass is 10.1. The standard InChI is InChI=1S/C23H18N4O3S/c28-21-16-31-23(30)26(21)14-12-24-22(29)19-9-10-20(27-13-4-11-25-27)18(15-19)8-7-17-5-2-1-3-6-17/h1-6,9-11,13,15H,12,14,16H2,(H,24,29). The summed E-state index contributed by atoms with van der Waals surface area (Å²) < 4.78 is 1.69. The van der Waals surface area contributed by atoms with Crippen LogP contribution in [0.4, 0.5) is 4.79 Å². The predicted octanol–water partition coefficient (Wildman–Crippen LogP) is 2.70. The van der Waals surface area contributed by atoms with Gasteiger partial charge in [0.1, 0.15) is 0 Å². The second-order valence-corrected chi connectivity index (χ2v) is 7.58. The van der Waals surface area contributed by atoms with Gasteiger partial charge >= 0.3 is 0 Å². The van der Waals surface area contributed by atoms with Gasteiger partial charge in [-0.05, 0) is 36.4 Å². The fraction of sp³-hybridized carbons (Fsp3) is 0.130. The van der Waals surface area contributed by atoms with Gasteiger partial charge in [-0.15, -0.1) is 0 Å². The second kappa shape index (κ2) is 9.32. The van der Waals surface area contributed by atoms with E-state index in [0.717, 1.165) is 27.9 Å². The summed E-state index contributed by atoms with van der Waals surface area (Å²) in [6.07, 6.45) is 3.49. The number of rotatable bonds is 5. The minimum Gasteiger partial charge on any atom is -0.350 e. The minimum absolute atomic E-state index is 0.155. The van der Waals surface area contributed by atoms with Crippen LogP contribution in [0.5, 0.6) is 0 Å². The molecule has 1 aromatic heterocycles. The number of amides is 3. The summed E-state index contributed by atoms with van der Waals surface area (Å²) in [5.74, 6) is 5.87. The van der Waals surface area contributed by atoms with E-state index in [1.807, 2.05) is 42.6 Å². The van der Waals surface area contributed by atoms with Crippen molar-refractivity contribution in [3.63, 3.8) is 0 Å². The second-order valence-electron chi connectivity index (χ2n) is 6.65. The van der Waals surface area contributed by atoms with Gasteiger partial charge in [0.25, 0.3) is 11.1 Å². The Bertz CT molecular complexity index is 1160. The van der Waals surface area contributed by atoms with Crippen molar-refractivity contribution in [1.29, 1.82) is 0 Å². The van der Waals surface area contributed by atoms with Crippen molar-refractivity contribution in [2.45, 2.75) is 0 Å². The summed E-state index contributed by atoms with van der Waals surface area (Å²) in [5.41, 5.74) is 2.71. The topological polar surface area (TPSA) is 84.3 Å². The lowest BCUT2D eigenvalue weighted by Crippen LogP contribution is -2.37. The van der Waals surface area contributed by atoms with Crippen molar-refractivity contribution < 1.29 is 14.4 Å². The number of hydrogen-bond acceptors (Lipinski definition) is 5. The van der Waals surface area contributed by atoms with Crippen molar-refractivity contribution >= 4 is 28.8 Å². The van der Waals surface area contributed by atoms with Crippen molar-refractivity contribution in [3.05, 3.63) is 83.7 Å². The molecule has 2 aromatic carbocycles. The molecule has 2 heterocycles. The molecule has 0 aliphatic carbocycles. The third-order valence-electron chi connectivity index (χ3n) is 4.59. The molecule has 3 amide bonds. The number of carbonyl (C=O) groups excluding carboxylic acids is 3. The van der Waals surface area contributed by atoms with Gasteiger partial charge in [0, 0.05) is 36.6 Å². The van der Waals surface area contributed by atoms with E-state index in [0.29, 0.717) is 11.1 Å². The first-order chi connectivity index (χ1) is 15.1. The molecular weight excluding hydrogens is 412 g/mol. The summed E-state index contributed by atoms with van der Waals surface area (Å²) in [7, 11) is 0. The first-order valence-electron chi connectivity index (χ1n) is 9.58. The van der Waals surface area contributed by atoms with E-state index < -0.39 is 0 Å². The van der Waals surface area contributed by atoms with E-state index >= 15 is 0 Å². The molecule has 0 radical (unpaired) electrons. The average Bonchev–Trinajstić information content (AvgIpc) is 3.44. The highest BCUT2D eigenvalue weighted by Crippen LogP contribution is 2.18. The highest BCUT2D eigenvalue weighted by Gasteiger charge is 2.29. The third kappa shape index (κ3) is 4.85. The number of carbonyl (C=O) groups is 3. The minimum atomic E-state index is -0.304. The van der Waals surface area contributed by atoms with E-state index in [9.17, 15) is 14.4 Å². The smallest absolute Gasteiger partial charge is 0.288 e. The Morgan fingerprint density at radius 1 is 1.10 bits per heavy atom. The molecule has 8 heteroatoms. The number of imide groups is 1. The van der Waals surface area contributed by atoms with E-state index in [1.165, 1.54) is 0 Å². The van der Waals surface area contributed by atoms with Crippen LogP contribution >= 0.6 is 11.8 Å². The quantitative estimate of drug-likeness (QED) is 0.629. The van der Waals surface area contributed by atoms with Crippen LogP contribution in [0.25, 0.3) is 5.69 Å². The van der Waals surface area contributed by atoms with Gasteiger partial charge < -0.3 is 5.32 Å².